The van der Waals surface area contributed by atoms with Crippen molar-refractivity contribution >= 4 is 0 Å². The summed E-state index contributed by atoms with van der Waals surface area (Å²) in [6, 6.07) is 0.615. The number of hydrogen-bond donors (Lipinski definition) is 2. The molecule has 2 aliphatic rings. The minimum absolute atomic E-state index is 0.340. The number of aliphatic hydroxyl groups is 1. The Balaban J connectivity index is 1.48. The van der Waals surface area contributed by atoms with Gasteiger partial charge in [0, 0.05) is 19.2 Å². The van der Waals surface area contributed by atoms with Gasteiger partial charge < -0.3 is 15.2 Å². The molecule has 1 unspecified atom stereocenters. The molecule has 0 heterocycles. The molecule has 0 aliphatic heterocycles. The largest absolute Gasteiger partial charge is 0.389 e. The van der Waals surface area contributed by atoms with Crippen LogP contribution in [-0.2, 0) is 4.74 Å². The van der Waals surface area contributed by atoms with Crippen molar-refractivity contribution in [1.82, 2.24) is 5.32 Å². The standard InChI is InChI=1S/C14H27NO2/c1-11-2-6-13(7-3-11)15-8-14(16)10-17-9-12-4-5-12/h11-16H,2-10H2,1H3. The van der Waals surface area contributed by atoms with E-state index in [0.29, 0.717) is 19.2 Å². The van der Waals surface area contributed by atoms with Gasteiger partial charge in [0.25, 0.3) is 0 Å². The van der Waals surface area contributed by atoms with Crippen LogP contribution in [0, 0.1) is 11.8 Å². The molecule has 1 atom stereocenters. The number of hydrogen-bond acceptors (Lipinski definition) is 3. The van der Waals surface area contributed by atoms with Crippen molar-refractivity contribution in [2.75, 3.05) is 19.8 Å². The molecule has 3 heteroatoms. The molecule has 17 heavy (non-hydrogen) atoms. The van der Waals surface area contributed by atoms with Crippen LogP contribution in [-0.4, -0.2) is 37.0 Å². The van der Waals surface area contributed by atoms with Crippen LogP contribution >= 0.6 is 0 Å². The van der Waals surface area contributed by atoms with E-state index in [1.807, 2.05) is 0 Å². The maximum Gasteiger partial charge on any atom is 0.0897 e. The Morgan fingerprint density at radius 3 is 2.53 bits per heavy atom. The smallest absolute Gasteiger partial charge is 0.0897 e. The van der Waals surface area contributed by atoms with Crippen molar-refractivity contribution in [3.05, 3.63) is 0 Å². The Hall–Kier alpha value is -0.120. The summed E-state index contributed by atoms with van der Waals surface area (Å²) in [4.78, 5) is 0. The van der Waals surface area contributed by atoms with E-state index in [9.17, 15) is 5.11 Å². The number of ether oxygens (including phenoxy) is 1. The van der Waals surface area contributed by atoms with Crippen molar-refractivity contribution in [3.63, 3.8) is 0 Å². The first-order valence-corrected chi connectivity index (χ1v) is 7.23. The molecule has 0 bridgehead atoms. The molecule has 0 amide bonds. The molecule has 0 radical (unpaired) electrons. The van der Waals surface area contributed by atoms with Crippen LogP contribution in [0.25, 0.3) is 0 Å². The van der Waals surface area contributed by atoms with E-state index in [4.69, 9.17) is 4.74 Å². The predicted octanol–water partition coefficient (Wildman–Crippen LogP) is 1.94. The van der Waals surface area contributed by atoms with Crippen LogP contribution in [0.1, 0.15) is 45.4 Å². The normalized spacial score (nSPS) is 31.4. The SMILES string of the molecule is CC1CCC(NCC(O)COCC2CC2)CC1. The molecule has 0 aromatic carbocycles. The van der Waals surface area contributed by atoms with Crippen LogP contribution in [0.15, 0.2) is 0 Å². The summed E-state index contributed by atoms with van der Waals surface area (Å²) in [5, 5.41) is 13.2. The first kappa shape index (κ1) is 13.3. The van der Waals surface area contributed by atoms with Crippen LogP contribution < -0.4 is 5.32 Å². The molecule has 2 fully saturated rings. The van der Waals surface area contributed by atoms with Crippen molar-refractivity contribution in [2.45, 2.75) is 57.6 Å². The molecular formula is C14H27NO2. The summed E-state index contributed by atoms with van der Waals surface area (Å²) in [5.41, 5.74) is 0. The molecule has 100 valence electrons. The van der Waals surface area contributed by atoms with Gasteiger partial charge in [0.2, 0.25) is 0 Å². The Bertz CT molecular complexity index is 210. The fraction of sp³-hybridized carbons (Fsp3) is 1.00. The highest BCUT2D eigenvalue weighted by atomic mass is 16.5. The molecule has 0 spiro atoms. The van der Waals surface area contributed by atoms with Crippen molar-refractivity contribution < 1.29 is 9.84 Å². The molecule has 2 N–H and O–H groups in total. The zero-order valence-electron chi connectivity index (χ0n) is 11.0. The van der Waals surface area contributed by atoms with Crippen LogP contribution in [0.5, 0.6) is 0 Å². The summed E-state index contributed by atoms with van der Waals surface area (Å²) in [7, 11) is 0. The zero-order chi connectivity index (χ0) is 12.1. The summed E-state index contributed by atoms with van der Waals surface area (Å²) in [5.74, 6) is 1.68. The Morgan fingerprint density at radius 1 is 1.18 bits per heavy atom. The average molecular weight is 241 g/mol. The van der Waals surface area contributed by atoms with Gasteiger partial charge in [-0.15, -0.1) is 0 Å². The van der Waals surface area contributed by atoms with Gasteiger partial charge in [-0.1, -0.05) is 6.92 Å². The molecule has 0 saturated heterocycles. The van der Waals surface area contributed by atoms with Gasteiger partial charge in [0.05, 0.1) is 12.7 Å². The average Bonchev–Trinajstić information content (AvgIpc) is 3.12. The maximum absolute atomic E-state index is 9.78. The van der Waals surface area contributed by atoms with Crippen molar-refractivity contribution in [3.8, 4) is 0 Å². The third-order valence-corrected chi connectivity index (χ3v) is 4.02. The van der Waals surface area contributed by atoms with Crippen LogP contribution in [0.2, 0.25) is 0 Å². The summed E-state index contributed by atoms with van der Waals surface area (Å²) in [6.07, 6.45) is 7.46. The molecule has 2 rings (SSSR count). The van der Waals surface area contributed by atoms with E-state index < -0.39 is 0 Å². The lowest BCUT2D eigenvalue weighted by Gasteiger charge is -2.27. The van der Waals surface area contributed by atoms with E-state index in [1.54, 1.807) is 0 Å². The second-order valence-corrected chi connectivity index (χ2v) is 6.00. The second-order valence-electron chi connectivity index (χ2n) is 6.00. The Labute approximate surface area is 105 Å². The Kier molecular flexibility index (Phi) is 5.26. The lowest BCUT2D eigenvalue weighted by atomic mass is 9.87. The molecule has 0 aromatic rings. The first-order chi connectivity index (χ1) is 8.24. The fourth-order valence-corrected chi connectivity index (χ4v) is 2.48. The number of nitrogens with one attached hydrogen (secondary N) is 1. The third-order valence-electron chi connectivity index (χ3n) is 4.02. The Morgan fingerprint density at radius 2 is 1.88 bits per heavy atom. The van der Waals surface area contributed by atoms with E-state index >= 15 is 0 Å². The fourth-order valence-electron chi connectivity index (χ4n) is 2.48. The highest BCUT2D eigenvalue weighted by Gasteiger charge is 2.22. The van der Waals surface area contributed by atoms with Crippen LogP contribution in [0.4, 0.5) is 0 Å². The zero-order valence-corrected chi connectivity index (χ0v) is 11.0. The molecule has 3 nitrogen and oxygen atoms in total. The van der Waals surface area contributed by atoms with E-state index in [0.717, 1.165) is 18.4 Å². The summed E-state index contributed by atoms with van der Waals surface area (Å²) >= 11 is 0. The van der Waals surface area contributed by atoms with Crippen molar-refractivity contribution in [1.29, 1.82) is 0 Å². The lowest BCUT2D eigenvalue weighted by molar-refractivity contribution is 0.0304. The minimum atomic E-state index is -0.340. The topological polar surface area (TPSA) is 41.5 Å². The maximum atomic E-state index is 9.78. The highest BCUT2D eigenvalue weighted by Crippen LogP contribution is 2.28. The van der Waals surface area contributed by atoms with Gasteiger partial charge in [-0.2, -0.15) is 0 Å². The van der Waals surface area contributed by atoms with E-state index in [1.165, 1.54) is 38.5 Å². The second kappa shape index (κ2) is 6.72. The van der Waals surface area contributed by atoms with Crippen LogP contribution in [0.3, 0.4) is 0 Å². The summed E-state index contributed by atoms with van der Waals surface area (Å²) < 4.78 is 5.49. The van der Waals surface area contributed by atoms with Gasteiger partial charge in [0.15, 0.2) is 0 Å². The number of aliphatic hydroxyl groups excluding tert-OH is 1. The van der Waals surface area contributed by atoms with E-state index in [2.05, 4.69) is 12.2 Å². The molecule has 2 aliphatic carbocycles. The van der Waals surface area contributed by atoms with Crippen molar-refractivity contribution in [2.24, 2.45) is 11.8 Å². The van der Waals surface area contributed by atoms with Gasteiger partial charge in [-0.05, 0) is 50.4 Å². The monoisotopic (exact) mass is 241 g/mol. The van der Waals surface area contributed by atoms with Gasteiger partial charge >= 0.3 is 0 Å². The molecule has 2 saturated carbocycles. The van der Waals surface area contributed by atoms with Gasteiger partial charge in [0.1, 0.15) is 0 Å². The molecule has 0 aromatic heterocycles. The summed E-state index contributed by atoms with van der Waals surface area (Å²) in [6.45, 7) is 4.35. The number of rotatable bonds is 7. The quantitative estimate of drug-likeness (QED) is 0.716. The first-order valence-electron chi connectivity index (χ1n) is 7.23. The lowest BCUT2D eigenvalue weighted by Crippen LogP contribution is -2.39. The van der Waals surface area contributed by atoms with E-state index in [-0.39, 0.29) is 6.10 Å². The van der Waals surface area contributed by atoms with Gasteiger partial charge in [-0.3, -0.25) is 0 Å². The minimum Gasteiger partial charge on any atom is -0.389 e. The highest BCUT2D eigenvalue weighted by molar-refractivity contribution is 4.76. The van der Waals surface area contributed by atoms with Gasteiger partial charge in [-0.25, -0.2) is 0 Å². The molecular weight excluding hydrogens is 214 g/mol. The predicted molar refractivity (Wildman–Crippen MR) is 69.0 cm³/mol. The third kappa shape index (κ3) is 5.36.